The van der Waals surface area contributed by atoms with Crippen LogP contribution in [0.15, 0.2) is 18.2 Å². The Morgan fingerprint density at radius 2 is 1.89 bits per heavy atom. The molecular formula is C16H25NO2. The van der Waals surface area contributed by atoms with Gasteiger partial charge in [0, 0.05) is 17.0 Å². The molecule has 1 aromatic carbocycles. The number of nitrogens with one attached hydrogen (secondary N) is 1. The first kappa shape index (κ1) is 14.2. The van der Waals surface area contributed by atoms with Crippen molar-refractivity contribution in [2.75, 3.05) is 20.8 Å². The maximum Gasteiger partial charge on any atom is 0.126 e. The highest BCUT2D eigenvalue weighted by Crippen LogP contribution is 2.48. The Hall–Kier alpha value is -1.22. The summed E-state index contributed by atoms with van der Waals surface area (Å²) in [7, 11) is 3.47. The fourth-order valence-corrected chi connectivity index (χ4v) is 3.38. The predicted molar refractivity (Wildman–Crippen MR) is 78.2 cm³/mol. The van der Waals surface area contributed by atoms with Crippen LogP contribution in [0, 0.1) is 0 Å². The highest BCUT2D eigenvalue weighted by molar-refractivity contribution is 5.50. The predicted octanol–water partition coefficient (Wildman–Crippen LogP) is 3.12. The molecule has 1 saturated carbocycles. The molecule has 19 heavy (non-hydrogen) atoms. The number of hydrogen-bond acceptors (Lipinski definition) is 3. The van der Waals surface area contributed by atoms with Crippen molar-refractivity contribution in [3.63, 3.8) is 0 Å². The summed E-state index contributed by atoms with van der Waals surface area (Å²) in [5.41, 5.74) is 1.35. The number of hydrogen-bond donors (Lipinski definition) is 1. The molecule has 0 bridgehead atoms. The van der Waals surface area contributed by atoms with Crippen molar-refractivity contribution in [3.8, 4) is 11.5 Å². The van der Waals surface area contributed by atoms with Gasteiger partial charge in [0.25, 0.3) is 0 Å². The van der Waals surface area contributed by atoms with E-state index < -0.39 is 0 Å². The van der Waals surface area contributed by atoms with Crippen molar-refractivity contribution in [2.45, 2.75) is 44.6 Å². The molecule has 2 rings (SSSR count). The Morgan fingerprint density at radius 3 is 2.42 bits per heavy atom. The molecule has 0 heterocycles. The molecule has 3 heteroatoms. The molecule has 2 unspecified atom stereocenters. The molecule has 2 atom stereocenters. The summed E-state index contributed by atoms with van der Waals surface area (Å²) < 4.78 is 11.1. The molecule has 1 aromatic rings. The zero-order valence-corrected chi connectivity index (χ0v) is 12.5. The van der Waals surface area contributed by atoms with Crippen LogP contribution < -0.4 is 14.8 Å². The van der Waals surface area contributed by atoms with E-state index in [0.29, 0.717) is 6.04 Å². The third kappa shape index (κ3) is 2.71. The summed E-state index contributed by atoms with van der Waals surface area (Å²) in [6.07, 6.45) is 3.52. The number of benzene rings is 1. The maximum atomic E-state index is 5.56. The van der Waals surface area contributed by atoms with Crippen LogP contribution in [0.3, 0.4) is 0 Å². The van der Waals surface area contributed by atoms with Gasteiger partial charge in [0.05, 0.1) is 14.2 Å². The normalized spacial score (nSPS) is 26.4. The third-order valence-corrected chi connectivity index (χ3v) is 4.27. The topological polar surface area (TPSA) is 30.5 Å². The van der Waals surface area contributed by atoms with Crippen LogP contribution in [0.4, 0.5) is 0 Å². The van der Waals surface area contributed by atoms with Crippen LogP contribution in [0.2, 0.25) is 0 Å². The Bertz CT molecular complexity index is 411. The van der Waals surface area contributed by atoms with E-state index in [-0.39, 0.29) is 5.41 Å². The van der Waals surface area contributed by atoms with E-state index in [9.17, 15) is 0 Å². The van der Waals surface area contributed by atoms with Gasteiger partial charge in [0.2, 0.25) is 0 Å². The van der Waals surface area contributed by atoms with Gasteiger partial charge in [-0.1, -0.05) is 19.9 Å². The molecule has 0 radical (unpaired) electrons. The lowest BCUT2D eigenvalue weighted by Gasteiger charge is -2.28. The van der Waals surface area contributed by atoms with Crippen LogP contribution in [-0.2, 0) is 5.41 Å². The van der Waals surface area contributed by atoms with Crippen LogP contribution in [-0.4, -0.2) is 26.8 Å². The van der Waals surface area contributed by atoms with Crippen molar-refractivity contribution in [1.82, 2.24) is 5.32 Å². The van der Waals surface area contributed by atoms with Gasteiger partial charge in [-0.2, -0.15) is 0 Å². The second-order valence-electron chi connectivity index (χ2n) is 5.60. The fraction of sp³-hybridized carbons (Fsp3) is 0.625. The third-order valence-electron chi connectivity index (χ3n) is 4.27. The minimum absolute atomic E-state index is 0.130. The van der Waals surface area contributed by atoms with Crippen molar-refractivity contribution >= 4 is 0 Å². The Balaban J connectivity index is 2.35. The van der Waals surface area contributed by atoms with Gasteiger partial charge in [-0.3, -0.25) is 0 Å². The van der Waals surface area contributed by atoms with E-state index in [1.165, 1.54) is 18.4 Å². The second-order valence-corrected chi connectivity index (χ2v) is 5.60. The smallest absolute Gasteiger partial charge is 0.126 e. The van der Waals surface area contributed by atoms with Crippen molar-refractivity contribution in [2.24, 2.45) is 0 Å². The lowest BCUT2D eigenvalue weighted by Crippen LogP contribution is -2.29. The van der Waals surface area contributed by atoms with Crippen LogP contribution in [0.25, 0.3) is 0 Å². The summed E-state index contributed by atoms with van der Waals surface area (Å²) in [5.74, 6) is 1.89. The molecule has 0 aliphatic heterocycles. The Kier molecular flexibility index (Phi) is 4.35. The first-order valence-electron chi connectivity index (χ1n) is 7.09. The number of rotatable bonds is 5. The summed E-state index contributed by atoms with van der Waals surface area (Å²) in [6.45, 7) is 5.52. The quantitative estimate of drug-likeness (QED) is 0.885. The van der Waals surface area contributed by atoms with Gasteiger partial charge >= 0.3 is 0 Å². The Morgan fingerprint density at radius 1 is 1.26 bits per heavy atom. The van der Waals surface area contributed by atoms with Crippen LogP contribution >= 0.6 is 0 Å². The molecule has 106 valence electrons. The minimum atomic E-state index is 0.130. The largest absolute Gasteiger partial charge is 0.496 e. The lowest BCUT2D eigenvalue weighted by molar-refractivity contribution is 0.351. The molecule has 1 N–H and O–H groups in total. The van der Waals surface area contributed by atoms with Crippen LogP contribution in [0.1, 0.15) is 38.7 Å². The highest BCUT2D eigenvalue weighted by Gasteiger charge is 2.40. The molecule has 3 nitrogen and oxygen atoms in total. The van der Waals surface area contributed by atoms with E-state index in [1.807, 2.05) is 18.2 Å². The summed E-state index contributed by atoms with van der Waals surface area (Å²) in [6, 6.07) is 6.65. The van der Waals surface area contributed by atoms with Crippen LogP contribution in [0.5, 0.6) is 11.5 Å². The number of methoxy groups -OCH3 is 2. The first-order valence-corrected chi connectivity index (χ1v) is 7.09. The first-order chi connectivity index (χ1) is 9.14. The molecule has 0 aromatic heterocycles. The Labute approximate surface area is 116 Å². The average Bonchev–Trinajstić information content (AvgIpc) is 2.80. The minimum Gasteiger partial charge on any atom is -0.496 e. The highest BCUT2D eigenvalue weighted by atomic mass is 16.5. The molecule has 0 saturated heterocycles. The van der Waals surface area contributed by atoms with E-state index in [1.54, 1.807) is 14.2 Å². The van der Waals surface area contributed by atoms with Gasteiger partial charge in [-0.15, -0.1) is 0 Å². The lowest BCUT2D eigenvalue weighted by atomic mass is 9.79. The fourth-order valence-electron chi connectivity index (χ4n) is 3.38. The molecular weight excluding hydrogens is 238 g/mol. The average molecular weight is 263 g/mol. The zero-order chi connectivity index (χ0) is 13.9. The second kappa shape index (κ2) is 5.83. The maximum absolute atomic E-state index is 5.56. The number of ether oxygens (including phenoxy) is 2. The molecule has 1 fully saturated rings. The van der Waals surface area contributed by atoms with Gasteiger partial charge in [-0.05, 0) is 37.9 Å². The van der Waals surface area contributed by atoms with E-state index >= 15 is 0 Å². The molecule has 1 aliphatic carbocycles. The zero-order valence-electron chi connectivity index (χ0n) is 12.5. The van der Waals surface area contributed by atoms with Crippen molar-refractivity contribution < 1.29 is 9.47 Å². The molecule has 0 amide bonds. The van der Waals surface area contributed by atoms with Gasteiger partial charge in [0.1, 0.15) is 11.5 Å². The van der Waals surface area contributed by atoms with Gasteiger partial charge in [-0.25, -0.2) is 0 Å². The van der Waals surface area contributed by atoms with E-state index in [2.05, 4.69) is 19.2 Å². The monoisotopic (exact) mass is 263 g/mol. The van der Waals surface area contributed by atoms with E-state index in [4.69, 9.17) is 9.47 Å². The summed E-state index contributed by atoms with van der Waals surface area (Å²) >= 11 is 0. The van der Waals surface area contributed by atoms with Gasteiger partial charge in [0.15, 0.2) is 0 Å². The standard InChI is InChI=1S/C16H25NO2/c1-5-17-12-9-10-16(2,11-12)15-13(18-3)7-6-8-14(15)19-4/h6-8,12,17H,5,9-11H2,1-4H3. The SMILES string of the molecule is CCNC1CCC(C)(c2c(OC)cccc2OC)C1. The molecule has 1 aliphatic rings. The van der Waals surface area contributed by atoms with Crippen molar-refractivity contribution in [1.29, 1.82) is 0 Å². The van der Waals surface area contributed by atoms with Crippen molar-refractivity contribution in [3.05, 3.63) is 23.8 Å². The summed E-state index contributed by atoms with van der Waals surface area (Å²) in [5, 5.41) is 3.56. The molecule has 0 spiro atoms. The van der Waals surface area contributed by atoms with E-state index in [0.717, 1.165) is 24.5 Å². The van der Waals surface area contributed by atoms with Gasteiger partial charge < -0.3 is 14.8 Å². The summed E-state index contributed by atoms with van der Waals surface area (Å²) in [4.78, 5) is 0.